The molecule has 1 aromatic rings. The highest BCUT2D eigenvalue weighted by molar-refractivity contribution is 7.92. The molecule has 0 aromatic heterocycles. The van der Waals surface area contributed by atoms with E-state index < -0.39 is 10.0 Å². The fraction of sp³-hybridized carbons (Fsp3) is 0.231. The van der Waals surface area contributed by atoms with Crippen molar-refractivity contribution >= 4 is 16.1 Å². The fourth-order valence-corrected chi connectivity index (χ4v) is 2.07. The highest BCUT2D eigenvalue weighted by atomic mass is 32.2. The first kappa shape index (κ1) is 13.7. The maximum Gasteiger partial charge on any atom is 0.233 e. The largest absolute Gasteiger partial charge is 0.233 e. The summed E-state index contributed by atoms with van der Waals surface area (Å²) in [6, 6.07) is 9.33. The number of allylic oxidation sites excluding steroid dienone is 1. The van der Waals surface area contributed by atoms with Crippen LogP contribution in [0.2, 0.25) is 0 Å². The Morgan fingerprint density at radius 2 is 1.94 bits per heavy atom. The summed E-state index contributed by atoms with van der Waals surface area (Å²) in [7, 11) is -3.32. The van der Waals surface area contributed by atoms with Gasteiger partial charge in [0.1, 0.15) is 0 Å². The van der Waals surface area contributed by atoms with E-state index in [1.165, 1.54) is 5.41 Å². The van der Waals surface area contributed by atoms with Gasteiger partial charge in [-0.05, 0) is 25.0 Å². The number of nitrogens with one attached hydrogen (secondary N) is 1. The summed E-state index contributed by atoms with van der Waals surface area (Å²) in [6.45, 7) is 2.33. The summed E-state index contributed by atoms with van der Waals surface area (Å²) in [5.41, 5.74) is 0.867. The summed E-state index contributed by atoms with van der Waals surface area (Å²) in [6.07, 6.45) is 6.10. The van der Waals surface area contributed by atoms with Crippen molar-refractivity contribution in [3.05, 3.63) is 53.5 Å². The zero-order valence-electron chi connectivity index (χ0n) is 9.84. The van der Waals surface area contributed by atoms with Crippen LogP contribution in [0, 0.1) is 0 Å². The van der Waals surface area contributed by atoms with Crippen molar-refractivity contribution in [3.63, 3.8) is 0 Å². The number of rotatable bonds is 6. The molecular weight excluding hydrogens is 234 g/mol. The van der Waals surface area contributed by atoms with E-state index in [4.69, 9.17) is 0 Å². The minimum atomic E-state index is -3.32. The van der Waals surface area contributed by atoms with Crippen LogP contribution >= 0.6 is 0 Å². The lowest BCUT2D eigenvalue weighted by Crippen LogP contribution is -2.21. The van der Waals surface area contributed by atoms with Crippen LogP contribution in [-0.4, -0.2) is 15.0 Å². The van der Waals surface area contributed by atoms with Crippen molar-refractivity contribution in [3.8, 4) is 0 Å². The number of hydrogen-bond acceptors (Lipinski definition) is 2. The number of hydrogen-bond donors (Lipinski definition) is 1. The molecule has 0 bridgehead atoms. The standard InChI is InChI=1S/C13H17NO2S/c1-2-3-7-11-14-17(15,16)12-10-13-8-5-4-6-9-13/h2-6,8-10,12,14H,7,11H2,1H3/b3-2+,12-10+. The van der Waals surface area contributed by atoms with Crippen molar-refractivity contribution < 1.29 is 8.42 Å². The van der Waals surface area contributed by atoms with Crippen LogP contribution in [0.4, 0.5) is 0 Å². The van der Waals surface area contributed by atoms with E-state index >= 15 is 0 Å². The van der Waals surface area contributed by atoms with E-state index in [2.05, 4.69) is 4.72 Å². The zero-order valence-corrected chi connectivity index (χ0v) is 10.7. The third-order valence-electron chi connectivity index (χ3n) is 2.09. The third kappa shape index (κ3) is 6.04. The lowest BCUT2D eigenvalue weighted by Gasteiger charge is -1.99. The average molecular weight is 251 g/mol. The molecule has 0 aliphatic rings. The highest BCUT2D eigenvalue weighted by Crippen LogP contribution is 2.02. The molecule has 0 heterocycles. The fourth-order valence-electron chi connectivity index (χ4n) is 1.23. The monoisotopic (exact) mass is 251 g/mol. The second-order valence-corrected chi connectivity index (χ2v) is 5.16. The topological polar surface area (TPSA) is 46.2 Å². The maximum absolute atomic E-state index is 11.5. The first-order valence-electron chi connectivity index (χ1n) is 5.48. The van der Waals surface area contributed by atoms with Crippen molar-refractivity contribution in [1.29, 1.82) is 0 Å². The third-order valence-corrected chi connectivity index (χ3v) is 3.19. The maximum atomic E-state index is 11.5. The number of benzene rings is 1. The van der Waals surface area contributed by atoms with Gasteiger partial charge in [0.15, 0.2) is 0 Å². The summed E-state index contributed by atoms with van der Waals surface area (Å²) in [5.74, 6) is 0. The summed E-state index contributed by atoms with van der Waals surface area (Å²) in [5, 5.41) is 1.19. The van der Waals surface area contributed by atoms with Crippen molar-refractivity contribution in [2.45, 2.75) is 13.3 Å². The van der Waals surface area contributed by atoms with Gasteiger partial charge in [0.2, 0.25) is 10.0 Å². The van der Waals surface area contributed by atoms with Crippen molar-refractivity contribution in [2.75, 3.05) is 6.54 Å². The Hall–Kier alpha value is -1.39. The van der Waals surface area contributed by atoms with Crippen LogP contribution in [0.1, 0.15) is 18.9 Å². The van der Waals surface area contributed by atoms with Crippen molar-refractivity contribution in [1.82, 2.24) is 4.72 Å². The molecule has 1 aromatic carbocycles. The van der Waals surface area contributed by atoms with Gasteiger partial charge in [0, 0.05) is 12.0 Å². The Labute approximate surface area is 103 Å². The molecular formula is C13H17NO2S. The van der Waals surface area contributed by atoms with E-state index in [0.717, 1.165) is 5.56 Å². The van der Waals surface area contributed by atoms with Crippen LogP contribution in [0.15, 0.2) is 47.9 Å². The van der Waals surface area contributed by atoms with Gasteiger partial charge in [-0.1, -0.05) is 42.5 Å². The van der Waals surface area contributed by atoms with Crippen LogP contribution in [-0.2, 0) is 10.0 Å². The Kier molecular flexibility index (Phi) is 5.66. The second kappa shape index (κ2) is 7.04. The summed E-state index contributed by atoms with van der Waals surface area (Å²) < 4.78 is 25.6. The molecule has 0 saturated carbocycles. The molecule has 3 nitrogen and oxygen atoms in total. The molecule has 1 rings (SSSR count). The van der Waals surface area contributed by atoms with E-state index in [1.54, 1.807) is 6.08 Å². The molecule has 4 heteroatoms. The lowest BCUT2D eigenvalue weighted by molar-refractivity contribution is 0.591. The second-order valence-electron chi connectivity index (χ2n) is 3.51. The molecule has 0 radical (unpaired) electrons. The molecule has 0 amide bonds. The quantitative estimate of drug-likeness (QED) is 0.624. The van der Waals surface area contributed by atoms with Gasteiger partial charge in [-0.3, -0.25) is 0 Å². The summed E-state index contributed by atoms with van der Waals surface area (Å²) in [4.78, 5) is 0. The SMILES string of the molecule is C/C=C/CCNS(=O)(=O)/C=C/c1ccccc1. The smallest absolute Gasteiger partial charge is 0.211 e. The van der Waals surface area contributed by atoms with E-state index in [1.807, 2.05) is 49.4 Å². The van der Waals surface area contributed by atoms with Crippen LogP contribution in [0.5, 0.6) is 0 Å². The highest BCUT2D eigenvalue weighted by Gasteiger charge is 2.02. The van der Waals surface area contributed by atoms with Crippen LogP contribution in [0.25, 0.3) is 6.08 Å². The molecule has 0 fully saturated rings. The molecule has 17 heavy (non-hydrogen) atoms. The van der Waals surface area contributed by atoms with Crippen molar-refractivity contribution in [2.24, 2.45) is 0 Å². The minimum absolute atomic E-state index is 0.422. The Morgan fingerprint density at radius 3 is 2.59 bits per heavy atom. The molecule has 0 aliphatic heterocycles. The van der Waals surface area contributed by atoms with E-state index in [0.29, 0.717) is 13.0 Å². The molecule has 0 atom stereocenters. The predicted molar refractivity (Wildman–Crippen MR) is 71.8 cm³/mol. The van der Waals surface area contributed by atoms with Crippen LogP contribution in [0.3, 0.4) is 0 Å². The molecule has 1 N–H and O–H groups in total. The van der Waals surface area contributed by atoms with Gasteiger partial charge >= 0.3 is 0 Å². The molecule has 0 unspecified atom stereocenters. The Morgan fingerprint density at radius 1 is 1.24 bits per heavy atom. The summed E-state index contributed by atoms with van der Waals surface area (Å²) >= 11 is 0. The minimum Gasteiger partial charge on any atom is -0.211 e. The molecule has 92 valence electrons. The van der Waals surface area contributed by atoms with E-state index in [-0.39, 0.29) is 0 Å². The van der Waals surface area contributed by atoms with Gasteiger partial charge in [0.25, 0.3) is 0 Å². The lowest BCUT2D eigenvalue weighted by atomic mass is 10.2. The molecule has 0 spiro atoms. The zero-order chi connectivity index (χ0) is 12.6. The normalized spacial score (nSPS) is 12.5. The van der Waals surface area contributed by atoms with Gasteiger partial charge in [-0.15, -0.1) is 0 Å². The first-order chi connectivity index (χ1) is 8.14. The molecule has 0 aliphatic carbocycles. The van der Waals surface area contributed by atoms with E-state index in [9.17, 15) is 8.42 Å². The predicted octanol–water partition coefficient (Wildman–Crippen LogP) is 2.54. The molecule has 0 saturated heterocycles. The van der Waals surface area contributed by atoms with Gasteiger partial charge < -0.3 is 0 Å². The van der Waals surface area contributed by atoms with Gasteiger partial charge in [0.05, 0.1) is 0 Å². The van der Waals surface area contributed by atoms with Crippen LogP contribution < -0.4 is 4.72 Å². The average Bonchev–Trinajstić information content (AvgIpc) is 2.34. The number of sulfonamides is 1. The Bertz CT molecular complexity index is 475. The van der Waals surface area contributed by atoms with Gasteiger partial charge in [-0.2, -0.15) is 0 Å². The first-order valence-corrected chi connectivity index (χ1v) is 7.02. The Balaban J connectivity index is 2.52. The van der Waals surface area contributed by atoms with Gasteiger partial charge in [-0.25, -0.2) is 13.1 Å².